The van der Waals surface area contributed by atoms with E-state index in [1.165, 1.54) is 0 Å². The number of para-hydroxylation sites is 1. The molecule has 2 N–H and O–H groups in total. The summed E-state index contributed by atoms with van der Waals surface area (Å²) in [5.74, 6) is 0.229. The Morgan fingerprint density at radius 1 is 0.909 bits per heavy atom. The largest absolute Gasteiger partial charge is 0.353 e. The van der Waals surface area contributed by atoms with Crippen molar-refractivity contribution in [2.24, 2.45) is 11.8 Å². The predicted molar refractivity (Wildman–Crippen MR) is 86.7 cm³/mol. The minimum atomic E-state index is -0.0266. The molecule has 0 heterocycles. The summed E-state index contributed by atoms with van der Waals surface area (Å²) in [6.07, 6.45) is 5.33. The maximum absolute atomic E-state index is 12.3. The molecule has 0 spiro atoms. The number of carbonyl (C=O) groups excluding carboxylic acids is 2. The topological polar surface area (TPSA) is 58.2 Å². The molecule has 5 heteroatoms. The normalized spacial score (nSPS) is 24.6. The molecule has 4 nitrogen and oxygen atoms in total. The van der Waals surface area contributed by atoms with Crippen molar-refractivity contribution in [3.63, 3.8) is 0 Å². The molecule has 0 radical (unpaired) electrons. The molecule has 0 aliphatic heterocycles. The van der Waals surface area contributed by atoms with Gasteiger partial charge in [-0.3, -0.25) is 9.59 Å². The summed E-state index contributed by atoms with van der Waals surface area (Å²) in [5, 5.41) is 6.50. The highest BCUT2D eigenvalue weighted by Gasteiger charge is 2.32. The van der Waals surface area contributed by atoms with Gasteiger partial charge in [-0.15, -0.1) is 0 Å². The zero-order valence-corrected chi connectivity index (χ0v) is 13.2. The van der Waals surface area contributed by atoms with E-state index in [2.05, 4.69) is 10.6 Å². The highest BCUT2D eigenvalue weighted by Crippen LogP contribution is 2.31. The molecule has 3 rings (SSSR count). The molecule has 0 bridgehead atoms. The Morgan fingerprint density at radius 2 is 1.50 bits per heavy atom. The second-order valence-corrected chi connectivity index (χ2v) is 6.71. The molecule has 2 saturated carbocycles. The van der Waals surface area contributed by atoms with Crippen LogP contribution in [0.15, 0.2) is 24.3 Å². The fourth-order valence-corrected chi connectivity index (χ4v) is 3.14. The summed E-state index contributed by atoms with van der Waals surface area (Å²) in [6.45, 7) is 0. The second-order valence-electron chi connectivity index (χ2n) is 6.30. The van der Waals surface area contributed by atoms with Gasteiger partial charge < -0.3 is 10.6 Å². The Labute approximate surface area is 135 Å². The van der Waals surface area contributed by atoms with Crippen molar-refractivity contribution in [3.8, 4) is 0 Å². The number of amides is 2. The molecular weight excluding hydrogens is 300 g/mol. The lowest BCUT2D eigenvalue weighted by Crippen LogP contribution is -2.36. The molecule has 1 aromatic rings. The van der Waals surface area contributed by atoms with Crippen LogP contribution in [-0.2, 0) is 9.59 Å². The van der Waals surface area contributed by atoms with Crippen LogP contribution < -0.4 is 10.6 Å². The monoisotopic (exact) mass is 320 g/mol. The zero-order valence-electron chi connectivity index (χ0n) is 12.5. The molecule has 2 aliphatic rings. The fourth-order valence-electron chi connectivity index (χ4n) is 2.96. The first-order chi connectivity index (χ1) is 10.6. The molecule has 2 amide bonds. The quantitative estimate of drug-likeness (QED) is 0.893. The van der Waals surface area contributed by atoms with Crippen molar-refractivity contribution in [1.29, 1.82) is 0 Å². The summed E-state index contributed by atoms with van der Waals surface area (Å²) in [4.78, 5) is 24.3. The van der Waals surface area contributed by atoms with E-state index < -0.39 is 0 Å². The van der Waals surface area contributed by atoms with Crippen molar-refractivity contribution in [1.82, 2.24) is 5.32 Å². The van der Waals surface area contributed by atoms with Crippen molar-refractivity contribution < 1.29 is 9.59 Å². The van der Waals surface area contributed by atoms with Gasteiger partial charge in [-0.25, -0.2) is 0 Å². The third kappa shape index (κ3) is 3.80. The summed E-state index contributed by atoms with van der Waals surface area (Å²) >= 11 is 6.06. The lowest BCUT2D eigenvalue weighted by Gasteiger charge is -2.27. The van der Waals surface area contributed by atoms with Crippen LogP contribution in [0.5, 0.6) is 0 Å². The molecule has 0 saturated heterocycles. The summed E-state index contributed by atoms with van der Waals surface area (Å²) < 4.78 is 0. The molecule has 0 aromatic heterocycles. The molecule has 118 valence electrons. The predicted octanol–water partition coefficient (Wildman–Crippen LogP) is 3.36. The number of halogens is 1. The SMILES string of the molecule is O=C(Nc1ccccc1Cl)C1CCC(C(=O)NC2CC2)CC1. The number of anilines is 1. The van der Waals surface area contributed by atoms with Crippen LogP contribution in [0.3, 0.4) is 0 Å². The Bertz CT molecular complexity index is 564. The van der Waals surface area contributed by atoms with Crippen LogP contribution in [-0.4, -0.2) is 17.9 Å². The van der Waals surface area contributed by atoms with Crippen LogP contribution in [0.1, 0.15) is 38.5 Å². The molecule has 1 aromatic carbocycles. The Hall–Kier alpha value is -1.55. The third-order valence-corrected chi connectivity index (χ3v) is 4.85. The number of nitrogens with one attached hydrogen (secondary N) is 2. The van der Waals surface area contributed by atoms with Crippen molar-refractivity contribution >= 4 is 29.1 Å². The number of hydrogen-bond donors (Lipinski definition) is 2. The molecule has 22 heavy (non-hydrogen) atoms. The minimum absolute atomic E-state index is 0.00847. The molecule has 2 aliphatic carbocycles. The summed E-state index contributed by atoms with van der Waals surface area (Å²) in [7, 11) is 0. The molecule has 0 atom stereocenters. The van der Waals surface area contributed by atoms with Gasteiger partial charge in [0.2, 0.25) is 11.8 Å². The van der Waals surface area contributed by atoms with Gasteiger partial charge in [-0.1, -0.05) is 23.7 Å². The average molecular weight is 321 g/mol. The fraction of sp³-hybridized carbons (Fsp3) is 0.529. The zero-order chi connectivity index (χ0) is 15.5. The van der Waals surface area contributed by atoms with Crippen LogP contribution in [0.4, 0.5) is 5.69 Å². The second kappa shape index (κ2) is 6.69. The Morgan fingerprint density at radius 3 is 2.09 bits per heavy atom. The maximum atomic E-state index is 12.3. The van der Waals surface area contributed by atoms with Crippen LogP contribution >= 0.6 is 11.6 Å². The maximum Gasteiger partial charge on any atom is 0.227 e. The number of rotatable bonds is 4. The van der Waals surface area contributed by atoms with E-state index >= 15 is 0 Å². The number of benzene rings is 1. The molecule has 0 unspecified atom stereocenters. The van der Waals surface area contributed by atoms with Gasteiger partial charge in [0.05, 0.1) is 10.7 Å². The number of hydrogen-bond acceptors (Lipinski definition) is 2. The Kier molecular flexibility index (Phi) is 4.67. The van der Waals surface area contributed by atoms with Gasteiger partial charge in [0.1, 0.15) is 0 Å². The minimum Gasteiger partial charge on any atom is -0.353 e. The standard InChI is InChI=1S/C17H21ClN2O2/c18-14-3-1-2-4-15(14)20-17(22)12-7-5-11(6-8-12)16(21)19-13-9-10-13/h1-4,11-13H,5-10H2,(H,19,21)(H,20,22). The Balaban J connectivity index is 1.49. The van der Waals surface area contributed by atoms with E-state index in [9.17, 15) is 9.59 Å². The first kappa shape index (κ1) is 15.3. The first-order valence-electron chi connectivity index (χ1n) is 7.99. The van der Waals surface area contributed by atoms with E-state index in [0.29, 0.717) is 16.8 Å². The highest BCUT2D eigenvalue weighted by atomic mass is 35.5. The van der Waals surface area contributed by atoms with Gasteiger partial charge >= 0.3 is 0 Å². The molecule has 2 fully saturated rings. The van der Waals surface area contributed by atoms with E-state index in [-0.39, 0.29) is 23.7 Å². The van der Waals surface area contributed by atoms with Gasteiger partial charge in [0.25, 0.3) is 0 Å². The summed E-state index contributed by atoms with van der Waals surface area (Å²) in [5.41, 5.74) is 0.655. The van der Waals surface area contributed by atoms with Crippen molar-refractivity contribution in [2.45, 2.75) is 44.6 Å². The van der Waals surface area contributed by atoms with Gasteiger partial charge in [0.15, 0.2) is 0 Å². The van der Waals surface area contributed by atoms with E-state index in [4.69, 9.17) is 11.6 Å². The van der Waals surface area contributed by atoms with Crippen LogP contribution in [0, 0.1) is 11.8 Å². The lowest BCUT2D eigenvalue weighted by molar-refractivity contribution is -0.128. The third-order valence-electron chi connectivity index (χ3n) is 4.52. The van der Waals surface area contributed by atoms with E-state index in [1.54, 1.807) is 12.1 Å². The van der Waals surface area contributed by atoms with Crippen molar-refractivity contribution in [3.05, 3.63) is 29.3 Å². The lowest BCUT2D eigenvalue weighted by atomic mass is 9.81. The molecular formula is C17H21ClN2O2. The van der Waals surface area contributed by atoms with Gasteiger partial charge in [-0.2, -0.15) is 0 Å². The van der Waals surface area contributed by atoms with Crippen LogP contribution in [0.25, 0.3) is 0 Å². The van der Waals surface area contributed by atoms with Crippen LogP contribution in [0.2, 0.25) is 5.02 Å². The first-order valence-corrected chi connectivity index (χ1v) is 8.37. The van der Waals surface area contributed by atoms with Gasteiger partial charge in [-0.05, 0) is 50.7 Å². The highest BCUT2D eigenvalue weighted by molar-refractivity contribution is 6.33. The van der Waals surface area contributed by atoms with E-state index in [1.807, 2.05) is 12.1 Å². The van der Waals surface area contributed by atoms with Crippen molar-refractivity contribution in [2.75, 3.05) is 5.32 Å². The summed E-state index contributed by atoms with van der Waals surface area (Å²) in [6, 6.07) is 7.65. The van der Waals surface area contributed by atoms with E-state index in [0.717, 1.165) is 38.5 Å². The smallest absolute Gasteiger partial charge is 0.227 e. The average Bonchev–Trinajstić information content (AvgIpc) is 3.33. The van der Waals surface area contributed by atoms with Gasteiger partial charge in [0, 0.05) is 17.9 Å². The number of carbonyl (C=O) groups is 2.